The Morgan fingerprint density at radius 1 is 1.10 bits per heavy atom. The lowest BCUT2D eigenvalue weighted by Gasteiger charge is -2.04. The molecule has 1 aromatic heterocycles. The van der Waals surface area contributed by atoms with E-state index in [0.717, 1.165) is 11.3 Å². The molecule has 0 N–H and O–H groups in total. The molecule has 104 valence electrons. The Kier molecular flexibility index (Phi) is 3.59. The Hall–Kier alpha value is -2.39. The number of para-hydroxylation sites is 1. The fourth-order valence-electron chi connectivity index (χ4n) is 2.14. The summed E-state index contributed by atoms with van der Waals surface area (Å²) in [5.74, 6) is -0.120. The van der Waals surface area contributed by atoms with Gasteiger partial charge in [0.2, 0.25) is 0 Å². The highest BCUT2D eigenvalue weighted by molar-refractivity contribution is 6.35. The average molecular weight is 297 g/mol. The topological polar surface area (TPSA) is 34.9 Å². The number of hydrogen-bond acceptors (Lipinski definition) is 2. The van der Waals surface area contributed by atoms with E-state index in [1.165, 1.54) is 0 Å². The quantitative estimate of drug-likeness (QED) is 0.683. The van der Waals surface area contributed by atoms with Crippen molar-refractivity contribution in [3.8, 4) is 5.69 Å². The third-order valence-corrected chi connectivity index (χ3v) is 3.80. The van der Waals surface area contributed by atoms with Gasteiger partial charge in [-0.1, -0.05) is 41.9 Å². The van der Waals surface area contributed by atoms with Crippen LogP contribution < -0.4 is 0 Å². The molecule has 0 aliphatic carbocycles. The molecule has 0 amide bonds. The SMILES string of the molecule is Cc1cccc(C(=O)c2cnn(-c3ccccc3)c2)c1Cl. The summed E-state index contributed by atoms with van der Waals surface area (Å²) in [5, 5.41) is 4.73. The number of hydrogen-bond donors (Lipinski definition) is 0. The third-order valence-electron chi connectivity index (χ3n) is 3.30. The minimum absolute atomic E-state index is 0.120. The fourth-order valence-corrected chi connectivity index (χ4v) is 2.35. The van der Waals surface area contributed by atoms with E-state index in [2.05, 4.69) is 5.10 Å². The molecular weight excluding hydrogens is 284 g/mol. The standard InChI is InChI=1S/C17H13ClN2O/c1-12-6-5-9-15(16(12)18)17(21)13-10-19-20(11-13)14-7-3-2-4-8-14/h2-11H,1H3. The Morgan fingerprint density at radius 2 is 1.86 bits per heavy atom. The first-order chi connectivity index (χ1) is 10.2. The molecule has 0 unspecified atom stereocenters. The zero-order valence-electron chi connectivity index (χ0n) is 11.5. The second-order valence-electron chi connectivity index (χ2n) is 4.77. The summed E-state index contributed by atoms with van der Waals surface area (Å²) in [6, 6.07) is 15.1. The predicted molar refractivity (Wildman–Crippen MR) is 83.2 cm³/mol. The van der Waals surface area contributed by atoms with E-state index in [1.54, 1.807) is 23.1 Å². The van der Waals surface area contributed by atoms with Crippen LogP contribution >= 0.6 is 11.6 Å². The molecule has 0 bridgehead atoms. The third kappa shape index (κ3) is 2.60. The Morgan fingerprint density at radius 3 is 2.62 bits per heavy atom. The van der Waals surface area contributed by atoms with Crippen LogP contribution in [0.2, 0.25) is 5.02 Å². The molecule has 3 aromatic rings. The van der Waals surface area contributed by atoms with Crippen molar-refractivity contribution < 1.29 is 4.79 Å². The molecule has 0 atom stereocenters. The van der Waals surface area contributed by atoms with Crippen LogP contribution in [-0.4, -0.2) is 15.6 Å². The van der Waals surface area contributed by atoms with Crippen molar-refractivity contribution in [3.05, 3.63) is 82.6 Å². The molecule has 0 fully saturated rings. The number of carbonyl (C=O) groups is 1. The van der Waals surface area contributed by atoms with Crippen LogP contribution in [0.1, 0.15) is 21.5 Å². The molecule has 0 saturated carbocycles. The maximum absolute atomic E-state index is 12.5. The van der Waals surface area contributed by atoms with Gasteiger partial charge < -0.3 is 0 Å². The Labute approximate surface area is 127 Å². The lowest BCUT2D eigenvalue weighted by atomic mass is 10.0. The van der Waals surface area contributed by atoms with Crippen molar-refractivity contribution in [2.24, 2.45) is 0 Å². The summed E-state index contributed by atoms with van der Waals surface area (Å²) < 4.78 is 1.68. The van der Waals surface area contributed by atoms with Crippen LogP contribution in [-0.2, 0) is 0 Å². The summed E-state index contributed by atoms with van der Waals surface area (Å²) in [6.45, 7) is 1.88. The minimum atomic E-state index is -0.120. The van der Waals surface area contributed by atoms with E-state index in [1.807, 2.05) is 49.4 Å². The van der Waals surface area contributed by atoms with Crippen LogP contribution in [0.3, 0.4) is 0 Å². The largest absolute Gasteiger partial charge is 0.288 e. The molecular formula is C17H13ClN2O. The number of nitrogens with zero attached hydrogens (tertiary/aromatic N) is 2. The molecule has 0 spiro atoms. The summed E-state index contributed by atoms with van der Waals surface area (Å²) in [4.78, 5) is 12.5. The number of halogens is 1. The van der Waals surface area contributed by atoms with Gasteiger partial charge in [0.1, 0.15) is 0 Å². The Bertz CT molecular complexity index is 794. The van der Waals surface area contributed by atoms with Crippen LogP contribution in [0.5, 0.6) is 0 Å². The lowest BCUT2D eigenvalue weighted by Crippen LogP contribution is -2.02. The van der Waals surface area contributed by atoms with Crippen LogP contribution in [0, 0.1) is 6.92 Å². The predicted octanol–water partition coefficient (Wildman–Crippen LogP) is 4.07. The van der Waals surface area contributed by atoms with Crippen LogP contribution in [0.25, 0.3) is 5.69 Å². The number of benzene rings is 2. The highest BCUT2D eigenvalue weighted by Crippen LogP contribution is 2.23. The summed E-state index contributed by atoms with van der Waals surface area (Å²) in [6.07, 6.45) is 3.28. The molecule has 1 heterocycles. The van der Waals surface area contributed by atoms with Crippen LogP contribution in [0.15, 0.2) is 60.9 Å². The van der Waals surface area contributed by atoms with E-state index in [-0.39, 0.29) is 5.78 Å². The zero-order chi connectivity index (χ0) is 14.8. The van der Waals surface area contributed by atoms with Gasteiger partial charge in [-0.2, -0.15) is 5.10 Å². The van der Waals surface area contributed by atoms with E-state index < -0.39 is 0 Å². The maximum atomic E-state index is 12.5. The van der Waals surface area contributed by atoms with E-state index in [4.69, 9.17) is 11.6 Å². The first kappa shape index (κ1) is 13.6. The normalized spacial score (nSPS) is 10.6. The molecule has 21 heavy (non-hydrogen) atoms. The van der Waals surface area contributed by atoms with Crippen molar-refractivity contribution in [2.75, 3.05) is 0 Å². The van der Waals surface area contributed by atoms with E-state index >= 15 is 0 Å². The maximum Gasteiger partial charge on any atom is 0.197 e. The molecule has 0 radical (unpaired) electrons. The summed E-state index contributed by atoms with van der Waals surface area (Å²) >= 11 is 6.21. The van der Waals surface area contributed by atoms with Gasteiger partial charge in [-0.05, 0) is 30.7 Å². The van der Waals surface area contributed by atoms with E-state index in [9.17, 15) is 4.79 Å². The number of carbonyl (C=O) groups excluding carboxylic acids is 1. The second-order valence-corrected chi connectivity index (χ2v) is 5.15. The first-order valence-electron chi connectivity index (χ1n) is 6.57. The molecule has 0 aliphatic rings. The second kappa shape index (κ2) is 5.54. The average Bonchev–Trinajstić information content (AvgIpc) is 3.00. The van der Waals surface area contributed by atoms with Crippen molar-refractivity contribution in [1.29, 1.82) is 0 Å². The number of ketones is 1. The van der Waals surface area contributed by atoms with Crippen molar-refractivity contribution >= 4 is 17.4 Å². The summed E-state index contributed by atoms with van der Waals surface area (Å²) in [5.41, 5.74) is 2.82. The van der Waals surface area contributed by atoms with Crippen LogP contribution in [0.4, 0.5) is 0 Å². The number of aromatic nitrogens is 2. The summed E-state index contributed by atoms with van der Waals surface area (Å²) in [7, 11) is 0. The minimum Gasteiger partial charge on any atom is -0.288 e. The Balaban J connectivity index is 1.97. The van der Waals surface area contributed by atoms with Gasteiger partial charge in [0.05, 0.1) is 22.5 Å². The molecule has 3 rings (SSSR count). The first-order valence-corrected chi connectivity index (χ1v) is 6.94. The molecule has 0 saturated heterocycles. The van der Waals surface area contributed by atoms with Gasteiger partial charge >= 0.3 is 0 Å². The monoisotopic (exact) mass is 296 g/mol. The van der Waals surface area contributed by atoms with Gasteiger partial charge in [-0.15, -0.1) is 0 Å². The van der Waals surface area contributed by atoms with Crippen molar-refractivity contribution in [1.82, 2.24) is 9.78 Å². The highest BCUT2D eigenvalue weighted by Gasteiger charge is 2.16. The van der Waals surface area contributed by atoms with Crippen molar-refractivity contribution in [3.63, 3.8) is 0 Å². The molecule has 0 aliphatic heterocycles. The van der Waals surface area contributed by atoms with Crippen molar-refractivity contribution in [2.45, 2.75) is 6.92 Å². The molecule has 2 aromatic carbocycles. The molecule has 3 nitrogen and oxygen atoms in total. The fraction of sp³-hybridized carbons (Fsp3) is 0.0588. The lowest BCUT2D eigenvalue weighted by molar-refractivity contribution is 0.103. The van der Waals surface area contributed by atoms with Gasteiger partial charge in [0.15, 0.2) is 5.78 Å². The van der Waals surface area contributed by atoms with Gasteiger partial charge in [0.25, 0.3) is 0 Å². The van der Waals surface area contributed by atoms with E-state index in [0.29, 0.717) is 16.1 Å². The number of aryl methyl sites for hydroxylation is 1. The van der Waals surface area contributed by atoms with Gasteiger partial charge in [-0.25, -0.2) is 4.68 Å². The smallest absolute Gasteiger partial charge is 0.197 e. The van der Waals surface area contributed by atoms with Gasteiger partial charge in [0, 0.05) is 11.8 Å². The zero-order valence-corrected chi connectivity index (χ0v) is 12.2. The number of rotatable bonds is 3. The highest BCUT2D eigenvalue weighted by atomic mass is 35.5. The van der Waals surface area contributed by atoms with Gasteiger partial charge in [-0.3, -0.25) is 4.79 Å². The molecule has 4 heteroatoms.